The average molecular weight is 992 g/mol. The van der Waals surface area contributed by atoms with Crippen molar-refractivity contribution < 1.29 is 79.7 Å². The smallest absolute Gasteiger partial charge is 0.333 e. The van der Waals surface area contributed by atoms with Gasteiger partial charge in [0.25, 0.3) is 0 Å². The third kappa shape index (κ3) is 26.7. The van der Waals surface area contributed by atoms with E-state index in [1.54, 1.807) is 44.2 Å². The molecule has 0 unspecified atom stereocenters. The Balaban J connectivity index is 2.32. The van der Waals surface area contributed by atoms with Gasteiger partial charge in [-0.2, -0.15) is 0 Å². The number of carbonyl (C=O) groups is 3. The highest BCUT2D eigenvalue weighted by molar-refractivity contribution is 5.81. The molecule has 0 aromatic rings. The molecule has 70 heavy (non-hydrogen) atoms. The maximum Gasteiger partial charge on any atom is 0.333 e. The van der Waals surface area contributed by atoms with Crippen molar-refractivity contribution >= 4 is 17.9 Å². The molecule has 3 amide bonds. The SMILES string of the molecule is C=C[C@@H]1OC(=O)C[C@H](O)C[C@H](O)CC[C@@H](O)[C@H](O)C[C@H](O)CC(O)(O)CC[C@@H](NC(=O)NNC(=O)CCO)CC[C@@H](O[C@H]2CC[C@H](O)[C@@H](C)O2)/C=C/C=C/C=C/C=C/C=C/C=C/C=C/[C@H](C)[C@@H](O)[C@H]1C. The van der Waals surface area contributed by atoms with Crippen LogP contribution < -0.4 is 16.2 Å². The standard InChI is InChI=1S/C51H81N3O16/c1-5-45-35(3)49(64)34(2)18-16-14-12-10-8-6-7-9-11-13-15-17-19-41(69-48-25-24-42(59)36(4)68-48)22-20-37(52-50(65)54-53-46(62)27-29-55)26-28-51(66,67)33-40(58)31-44(61)43(60)23-21-38(56)30-39(57)32-47(63)70-45/h5-19,34-45,48-49,55-61,64,66-67H,1,20-33H2,2-4H3,(H,53,62)(H2,52,54,65)/b7-6+,10-8+,11-9+,14-12+,15-13+,18-16+,19-17+/t34-,35-,36+,37-,38+,39+,40-,41-,42-,43+,44+,45-,48-,49+/m0/s1. The lowest BCUT2D eigenvalue weighted by Gasteiger charge is -2.33. The number of ether oxygens (including phenoxy) is 3. The van der Waals surface area contributed by atoms with Crippen LogP contribution in [0.1, 0.15) is 104 Å². The van der Waals surface area contributed by atoms with Crippen molar-refractivity contribution in [2.75, 3.05) is 6.61 Å². The molecular formula is C51H81N3O16. The molecular weight excluding hydrogens is 911 g/mol. The second-order valence-electron chi connectivity index (χ2n) is 18.2. The molecule has 13 N–H and O–H groups in total. The first-order valence-electron chi connectivity index (χ1n) is 24.2. The number of aliphatic hydroxyl groups is 10. The molecule has 1 saturated heterocycles. The molecule has 0 radical (unpaired) electrons. The van der Waals surface area contributed by atoms with E-state index in [1.165, 1.54) is 6.08 Å². The second-order valence-corrected chi connectivity index (χ2v) is 18.2. The summed E-state index contributed by atoms with van der Waals surface area (Å²) in [6, 6.07) is -1.58. The Morgan fingerprint density at radius 2 is 1.33 bits per heavy atom. The minimum absolute atomic E-state index is 0.0545. The van der Waals surface area contributed by atoms with E-state index in [9.17, 15) is 60.3 Å². The van der Waals surface area contributed by atoms with E-state index in [0.29, 0.717) is 12.8 Å². The summed E-state index contributed by atoms with van der Waals surface area (Å²) in [6.45, 7) is 8.56. The minimum Gasteiger partial charge on any atom is -0.458 e. The quantitative estimate of drug-likeness (QED) is 0.0787. The fourth-order valence-corrected chi connectivity index (χ4v) is 7.70. The monoisotopic (exact) mass is 992 g/mol. The topological polar surface area (TPSA) is 317 Å². The Hall–Kier alpha value is -4.35. The van der Waals surface area contributed by atoms with Gasteiger partial charge in [0.1, 0.15) is 6.10 Å². The summed E-state index contributed by atoms with van der Waals surface area (Å²) in [5, 5.41) is 108. The van der Waals surface area contributed by atoms with Gasteiger partial charge in [-0.15, -0.1) is 0 Å². The maximum absolute atomic E-state index is 12.9. The van der Waals surface area contributed by atoms with Crippen LogP contribution in [0.3, 0.4) is 0 Å². The summed E-state index contributed by atoms with van der Waals surface area (Å²) < 4.78 is 17.7. The number of esters is 1. The van der Waals surface area contributed by atoms with Crippen LogP contribution in [0.25, 0.3) is 0 Å². The fraction of sp³-hybridized carbons (Fsp3) is 0.627. The van der Waals surface area contributed by atoms with E-state index < -0.39 is 129 Å². The summed E-state index contributed by atoms with van der Waals surface area (Å²) in [4.78, 5) is 37.5. The van der Waals surface area contributed by atoms with Gasteiger partial charge in [-0.3, -0.25) is 15.0 Å². The summed E-state index contributed by atoms with van der Waals surface area (Å²) >= 11 is 0. The average Bonchev–Trinajstić information content (AvgIpc) is 3.30. The van der Waals surface area contributed by atoms with Crippen LogP contribution in [0, 0.1) is 11.8 Å². The number of nitrogens with one attached hydrogen (secondary N) is 3. The number of cyclic esters (lactones) is 1. The van der Waals surface area contributed by atoms with Crippen LogP contribution in [0.4, 0.5) is 4.79 Å². The van der Waals surface area contributed by atoms with Crippen molar-refractivity contribution in [1.29, 1.82) is 0 Å². The molecule has 2 rings (SSSR count). The third-order valence-corrected chi connectivity index (χ3v) is 11.9. The van der Waals surface area contributed by atoms with E-state index >= 15 is 0 Å². The Morgan fingerprint density at radius 3 is 1.93 bits per heavy atom. The van der Waals surface area contributed by atoms with Gasteiger partial charge in [-0.1, -0.05) is 112 Å². The normalized spacial score (nSPS) is 36.7. The van der Waals surface area contributed by atoms with E-state index in [0.717, 1.165) is 0 Å². The first kappa shape index (κ1) is 61.8. The molecule has 0 aromatic heterocycles. The summed E-state index contributed by atoms with van der Waals surface area (Å²) in [5.74, 6) is -4.81. The van der Waals surface area contributed by atoms with Crippen LogP contribution >= 0.6 is 0 Å². The minimum atomic E-state index is -2.51. The zero-order chi connectivity index (χ0) is 52.1. The molecule has 19 heteroatoms. The fourth-order valence-electron chi connectivity index (χ4n) is 7.70. The van der Waals surface area contributed by atoms with E-state index in [2.05, 4.69) is 22.7 Å². The van der Waals surface area contributed by atoms with Crippen molar-refractivity contribution in [3.63, 3.8) is 0 Å². The number of hydrogen-bond acceptors (Lipinski definition) is 16. The van der Waals surface area contributed by atoms with Gasteiger partial charge in [0.2, 0.25) is 5.91 Å². The summed E-state index contributed by atoms with van der Waals surface area (Å²) in [5.41, 5.74) is 4.37. The molecule has 0 spiro atoms. The lowest BCUT2D eigenvalue weighted by Crippen LogP contribution is -2.50. The van der Waals surface area contributed by atoms with Gasteiger partial charge in [-0.25, -0.2) is 10.2 Å². The molecule has 0 aromatic carbocycles. The molecule has 19 nitrogen and oxygen atoms in total. The highest BCUT2D eigenvalue weighted by Crippen LogP contribution is 2.26. The van der Waals surface area contributed by atoms with Gasteiger partial charge in [0, 0.05) is 43.6 Å². The number of aliphatic hydroxyl groups excluding tert-OH is 8. The molecule has 0 saturated carbocycles. The first-order valence-corrected chi connectivity index (χ1v) is 24.2. The highest BCUT2D eigenvalue weighted by atomic mass is 16.7. The maximum atomic E-state index is 12.9. The summed E-state index contributed by atoms with van der Waals surface area (Å²) in [7, 11) is 0. The van der Waals surface area contributed by atoms with Crippen LogP contribution in [0.15, 0.2) is 97.7 Å². The number of urea groups is 1. The number of hydrazine groups is 1. The lowest BCUT2D eigenvalue weighted by atomic mass is 9.89. The first-order chi connectivity index (χ1) is 33.2. The van der Waals surface area contributed by atoms with E-state index in [1.807, 2.05) is 61.6 Å². The van der Waals surface area contributed by atoms with Gasteiger partial charge in [0.15, 0.2) is 12.1 Å². The summed E-state index contributed by atoms with van der Waals surface area (Å²) in [6.07, 6.45) is 14.2. The third-order valence-electron chi connectivity index (χ3n) is 11.9. The predicted molar refractivity (Wildman–Crippen MR) is 262 cm³/mol. The molecule has 0 aliphatic carbocycles. The second kappa shape index (κ2) is 34.1. The highest BCUT2D eigenvalue weighted by Gasteiger charge is 2.33. The number of carbonyl (C=O) groups excluding carboxylic acids is 3. The molecule has 0 bridgehead atoms. The van der Waals surface area contributed by atoms with Crippen molar-refractivity contribution in [3.05, 3.63) is 97.7 Å². The Bertz CT molecular complexity index is 1750. The predicted octanol–water partition coefficient (Wildman–Crippen LogP) is 2.36. The van der Waals surface area contributed by atoms with Crippen LogP contribution in [0.2, 0.25) is 0 Å². The Morgan fingerprint density at radius 1 is 0.729 bits per heavy atom. The molecule has 1 fully saturated rings. The van der Waals surface area contributed by atoms with E-state index in [4.69, 9.17) is 19.3 Å². The Labute approximate surface area is 412 Å². The molecule has 2 heterocycles. The van der Waals surface area contributed by atoms with Crippen molar-refractivity contribution in [2.24, 2.45) is 11.8 Å². The zero-order valence-corrected chi connectivity index (χ0v) is 40.8. The Kier molecular flexibility index (Phi) is 30.1. The number of allylic oxidation sites excluding steroid dienone is 12. The molecule has 396 valence electrons. The zero-order valence-electron chi connectivity index (χ0n) is 40.8. The van der Waals surface area contributed by atoms with E-state index in [-0.39, 0.29) is 57.3 Å². The number of amides is 3. The van der Waals surface area contributed by atoms with Gasteiger partial charge >= 0.3 is 12.0 Å². The molecule has 2 aliphatic heterocycles. The molecule has 14 atom stereocenters. The van der Waals surface area contributed by atoms with Crippen molar-refractivity contribution in [1.82, 2.24) is 16.2 Å². The lowest BCUT2D eigenvalue weighted by molar-refractivity contribution is -0.228. The van der Waals surface area contributed by atoms with Crippen LogP contribution in [-0.4, -0.2) is 155 Å². The van der Waals surface area contributed by atoms with Crippen molar-refractivity contribution in [3.8, 4) is 0 Å². The molecule has 2 aliphatic rings. The van der Waals surface area contributed by atoms with Gasteiger partial charge < -0.3 is 70.6 Å². The van der Waals surface area contributed by atoms with Gasteiger partial charge in [0.05, 0.1) is 74.4 Å². The largest absolute Gasteiger partial charge is 0.458 e. The van der Waals surface area contributed by atoms with Gasteiger partial charge in [-0.05, 0) is 51.9 Å². The van der Waals surface area contributed by atoms with Crippen LogP contribution in [0.5, 0.6) is 0 Å². The number of rotatable bonds is 6. The van der Waals surface area contributed by atoms with Crippen LogP contribution in [-0.2, 0) is 23.8 Å². The number of hydrogen-bond donors (Lipinski definition) is 13. The van der Waals surface area contributed by atoms with Crippen molar-refractivity contribution in [2.45, 2.75) is 183 Å².